The topological polar surface area (TPSA) is 93.3 Å². The van der Waals surface area contributed by atoms with Crippen molar-refractivity contribution in [1.29, 1.82) is 0 Å². The molecule has 1 heterocycles. The molecule has 1 unspecified atom stereocenters. The van der Waals surface area contributed by atoms with Crippen LogP contribution in [0.3, 0.4) is 0 Å². The van der Waals surface area contributed by atoms with Gasteiger partial charge in [0, 0.05) is 12.1 Å². The molecule has 0 radical (unpaired) electrons. The number of carboxylic acid groups (broad SMARTS) is 1. The summed E-state index contributed by atoms with van der Waals surface area (Å²) in [6, 6.07) is 3.84. The lowest BCUT2D eigenvalue weighted by molar-refractivity contribution is -0.138. The van der Waals surface area contributed by atoms with E-state index in [0.717, 1.165) is 0 Å². The zero-order valence-corrected chi connectivity index (χ0v) is 7.38. The molecule has 1 rings (SSSR count). The van der Waals surface area contributed by atoms with Gasteiger partial charge in [0.1, 0.15) is 11.7 Å². The van der Waals surface area contributed by atoms with Crippen LogP contribution in [0.2, 0.25) is 0 Å². The second kappa shape index (κ2) is 4.48. The summed E-state index contributed by atoms with van der Waals surface area (Å²) in [7, 11) is 0. The molecule has 0 fully saturated rings. The van der Waals surface area contributed by atoms with Crippen molar-refractivity contribution < 1.29 is 14.7 Å². The second-order valence-corrected chi connectivity index (χ2v) is 2.82. The molecule has 3 N–H and O–H groups in total. The molecule has 0 aliphatic heterocycles. The fourth-order valence-electron chi connectivity index (χ4n) is 0.990. The van der Waals surface area contributed by atoms with E-state index in [9.17, 15) is 9.59 Å². The van der Waals surface area contributed by atoms with Crippen molar-refractivity contribution in [2.45, 2.75) is 12.5 Å². The maximum Gasteiger partial charge on any atom is 0.320 e. The molecule has 0 aromatic carbocycles. The molecule has 0 saturated carbocycles. The minimum Gasteiger partial charge on any atom is -0.480 e. The molecule has 74 valence electrons. The average molecular weight is 194 g/mol. The summed E-state index contributed by atoms with van der Waals surface area (Å²) in [6.07, 6.45) is 0.729. The number of carbonyl (C=O) groups is 2. The molecular formula is C9H10N2O3. The number of aliphatic carboxylic acids is 1. The third kappa shape index (κ3) is 2.63. The van der Waals surface area contributed by atoms with E-state index in [-0.39, 0.29) is 12.1 Å². The molecule has 0 amide bonds. The first-order chi connectivity index (χ1) is 6.63. The van der Waals surface area contributed by atoms with Gasteiger partial charge in [-0.25, -0.2) is 4.98 Å². The van der Waals surface area contributed by atoms with E-state index < -0.39 is 12.0 Å². The van der Waals surface area contributed by atoms with E-state index in [1.54, 1.807) is 18.2 Å². The van der Waals surface area contributed by atoms with Gasteiger partial charge >= 0.3 is 5.97 Å². The normalized spacial score (nSPS) is 12.1. The fraction of sp³-hybridized carbons (Fsp3) is 0.222. The first-order valence-corrected chi connectivity index (χ1v) is 4.03. The summed E-state index contributed by atoms with van der Waals surface area (Å²) in [4.78, 5) is 24.7. The summed E-state index contributed by atoms with van der Waals surface area (Å²) < 4.78 is 0. The number of pyridine rings is 1. The van der Waals surface area contributed by atoms with Gasteiger partial charge in [0.25, 0.3) is 0 Å². The van der Waals surface area contributed by atoms with Gasteiger partial charge in [0.05, 0.1) is 0 Å². The first-order valence-electron chi connectivity index (χ1n) is 4.03. The number of aromatic nitrogens is 1. The third-order valence-corrected chi connectivity index (χ3v) is 1.70. The standard InChI is InChI=1S/C9H10N2O3/c10-8(9(13)14)4-6-2-1-3-7(5-12)11-6/h1-3,5,8H,4,10H2,(H,13,14). The van der Waals surface area contributed by atoms with E-state index in [4.69, 9.17) is 10.8 Å². The Morgan fingerprint density at radius 1 is 1.64 bits per heavy atom. The average Bonchev–Trinajstić information content (AvgIpc) is 2.18. The van der Waals surface area contributed by atoms with Gasteiger partial charge in [-0.1, -0.05) is 6.07 Å². The van der Waals surface area contributed by atoms with Crippen molar-refractivity contribution in [3.63, 3.8) is 0 Å². The smallest absolute Gasteiger partial charge is 0.320 e. The van der Waals surface area contributed by atoms with Crippen LogP contribution in [-0.4, -0.2) is 28.4 Å². The van der Waals surface area contributed by atoms with Crippen LogP contribution in [0.4, 0.5) is 0 Å². The molecule has 14 heavy (non-hydrogen) atoms. The SMILES string of the molecule is NC(Cc1cccc(C=O)n1)C(=O)O. The number of carboxylic acids is 1. The van der Waals surface area contributed by atoms with Crippen LogP contribution in [0.15, 0.2) is 18.2 Å². The molecule has 0 aliphatic rings. The van der Waals surface area contributed by atoms with E-state index >= 15 is 0 Å². The molecule has 0 saturated heterocycles. The number of nitrogens with zero attached hydrogens (tertiary/aromatic N) is 1. The van der Waals surface area contributed by atoms with Gasteiger partial charge in [0.2, 0.25) is 0 Å². The van der Waals surface area contributed by atoms with Crippen LogP contribution >= 0.6 is 0 Å². The Hall–Kier alpha value is -1.75. The molecule has 1 atom stereocenters. The van der Waals surface area contributed by atoms with Crippen molar-refractivity contribution in [1.82, 2.24) is 4.98 Å². The Morgan fingerprint density at radius 3 is 2.93 bits per heavy atom. The van der Waals surface area contributed by atoms with Crippen molar-refractivity contribution in [3.05, 3.63) is 29.6 Å². The summed E-state index contributed by atoms with van der Waals surface area (Å²) in [5.41, 5.74) is 6.09. The fourth-order valence-corrected chi connectivity index (χ4v) is 0.990. The van der Waals surface area contributed by atoms with Gasteiger partial charge in [0.15, 0.2) is 6.29 Å². The second-order valence-electron chi connectivity index (χ2n) is 2.82. The number of hydrogen-bond acceptors (Lipinski definition) is 4. The minimum atomic E-state index is -1.08. The number of nitrogens with two attached hydrogens (primary N) is 1. The number of rotatable bonds is 4. The molecule has 1 aromatic rings. The highest BCUT2D eigenvalue weighted by Crippen LogP contribution is 2.00. The predicted octanol–water partition coefficient (Wildman–Crippen LogP) is -0.152. The number of hydrogen-bond donors (Lipinski definition) is 2. The van der Waals surface area contributed by atoms with Crippen molar-refractivity contribution in [2.75, 3.05) is 0 Å². The summed E-state index contributed by atoms with van der Waals surface area (Å²) in [5.74, 6) is -1.08. The molecule has 5 nitrogen and oxygen atoms in total. The van der Waals surface area contributed by atoms with Gasteiger partial charge in [-0.05, 0) is 12.1 Å². The van der Waals surface area contributed by atoms with Crippen LogP contribution in [0.5, 0.6) is 0 Å². The monoisotopic (exact) mass is 194 g/mol. The van der Waals surface area contributed by atoms with E-state index in [1.165, 1.54) is 0 Å². The zero-order chi connectivity index (χ0) is 10.6. The largest absolute Gasteiger partial charge is 0.480 e. The molecular weight excluding hydrogens is 184 g/mol. The highest BCUT2D eigenvalue weighted by atomic mass is 16.4. The number of aldehydes is 1. The maximum atomic E-state index is 10.4. The van der Waals surface area contributed by atoms with Crippen LogP contribution in [0.1, 0.15) is 16.2 Å². The van der Waals surface area contributed by atoms with Crippen molar-refractivity contribution >= 4 is 12.3 Å². The molecule has 0 spiro atoms. The van der Waals surface area contributed by atoms with Gasteiger partial charge in [-0.2, -0.15) is 0 Å². The lowest BCUT2D eigenvalue weighted by Crippen LogP contribution is -2.32. The van der Waals surface area contributed by atoms with E-state index in [0.29, 0.717) is 12.0 Å². The minimum absolute atomic E-state index is 0.122. The molecule has 0 bridgehead atoms. The Bertz CT molecular complexity index is 352. The molecule has 0 aliphatic carbocycles. The third-order valence-electron chi connectivity index (χ3n) is 1.70. The zero-order valence-electron chi connectivity index (χ0n) is 7.38. The molecule has 1 aromatic heterocycles. The van der Waals surface area contributed by atoms with Crippen LogP contribution in [0, 0.1) is 0 Å². The van der Waals surface area contributed by atoms with Crippen LogP contribution < -0.4 is 5.73 Å². The summed E-state index contributed by atoms with van der Waals surface area (Å²) in [6.45, 7) is 0. The molecule has 5 heteroatoms. The van der Waals surface area contributed by atoms with E-state index in [2.05, 4.69) is 4.98 Å². The van der Waals surface area contributed by atoms with Gasteiger partial charge in [-0.3, -0.25) is 9.59 Å². The van der Waals surface area contributed by atoms with Gasteiger partial charge < -0.3 is 10.8 Å². The lowest BCUT2D eigenvalue weighted by atomic mass is 10.1. The lowest BCUT2D eigenvalue weighted by Gasteiger charge is -2.05. The van der Waals surface area contributed by atoms with Crippen LogP contribution in [0.25, 0.3) is 0 Å². The number of carbonyl (C=O) groups excluding carboxylic acids is 1. The Labute approximate surface area is 80.6 Å². The van der Waals surface area contributed by atoms with Crippen molar-refractivity contribution in [3.8, 4) is 0 Å². The Kier molecular flexibility index (Phi) is 3.30. The summed E-state index contributed by atoms with van der Waals surface area (Å²) in [5, 5.41) is 8.55. The maximum absolute atomic E-state index is 10.4. The highest BCUT2D eigenvalue weighted by molar-refractivity contribution is 5.74. The quantitative estimate of drug-likeness (QED) is 0.650. The van der Waals surface area contributed by atoms with E-state index in [1.807, 2.05) is 0 Å². The highest BCUT2D eigenvalue weighted by Gasteiger charge is 2.12. The first kappa shape index (κ1) is 10.3. The van der Waals surface area contributed by atoms with Gasteiger partial charge in [-0.15, -0.1) is 0 Å². The Balaban J connectivity index is 2.76. The Morgan fingerprint density at radius 2 is 2.36 bits per heavy atom. The predicted molar refractivity (Wildman–Crippen MR) is 48.9 cm³/mol. The van der Waals surface area contributed by atoms with Crippen LogP contribution in [-0.2, 0) is 11.2 Å². The van der Waals surface area contributed by atoms with Crippen molar-refractivity contribution in [2.24, 2.45) is 5.73 Å². The summed E-state index contributed by atoms with van der Waals surface area (Å²) >= 11 is 0.